The van der Waals surface area contributed by atoms with E-state index in [2.05, 4.69) is 9.68 Å². The SMILES string of the molecule is Cc1cc(-c2cnoc2N)cc(C(F)F)c1O. The van der Waals surface area contributed by atoms with Crippen LogP contribution in [0.3, 0.4) is 0 Å². The summed E-state index contributed by atoms with van der Waals surface area (Å²) in [6, 6.07) is 2.72. The van der Waals surface area contributed by atoms with Gasteiger partial charge in [0.25, 0.3) is 6.43 Å². The van der Waals surface area contributed by atoms with E-state index in [1.165, 1.54) is 19.2 Å². The van der Waals surface area contributed by atoms with Crippen LogP contribution in [0.5, 0.6) is 5.75 Å². The van der Waals surface area contributed by atoms with Crippen LogP contribution in [0.4, 0.5) is 14.7 Å². The van der Waals surface area contributed by atoms with Crippen molar-refractivity contribution in [3.8, 4) is 16.9 Å². The number of anilines is 1. The lowest BCUT2D eigenvalue weighted by Gasteiger charge is -2.09. The van der Waals surface area contributed by atoms with Crippen molar-refractivity contribution in [2.45, 2.75) is 13.3 Å². The lowest BCUT2D eigenvalue weighted by molar-refractivity contribution is 0.147. The van der Waals surface area contributed by atoms with Crippen molar-refractivity contribution in [2.24, 2.45) is 0 Å². The molecular weight excluding hydrogens is 230 g/mol. The van der Waals surface area contributed by atoms with Crippen molar-refractivity contribution in [1.29, 1.82) is 0 Å². The van der Waals surface area contributed by atoms with Crippen LogP contribution in [0.25, 0.3) is 11.1 Å². The summed E-state index contributed by atoms with van der Waals surface area (Å²) in [5, 5.41) is 13.0. The number of nitrogens with two attached hydrogens (primary N) is 1. The van der Waals surface area contributed by atoms with Crippen molar-refractivity contribution >= 4 is 5.88 Å². The topological polar surface area (TPSA) is 72.3 Å². The molecular formula is C11H10F2N2O2. The lowest BCUT2D eigenvalue weighted by atomic mass is 10.0. The van der Waals surface area contributed by atoms with Gasteiger partial charge >= 0.3 is 0 Å². The van der Waals surface area contributed by atoms with Gasteiger partial charge in [-0.2, -0.15) is 0 Å². The predicted octanol–water partition coefficient (Wildman–Crippen LogP) is 2.88. The molecule has 17 heavy (non-hydrogen) atoms. The number of alkyl halides is 2. The van der Waals surface area contributed by atoms with Gasteiger partial charge in [-0.1, -0.05) is 5.16 Å². The fraction of sp³-hybridized carbons (Fsp3) is 0.182. The highest BCUT2D eigenvalue weighted by Gasteiger charge is 2.18. The number of phenols is 1. The summed E-state index contributed by atoms with van der Waals surface area (Å²) < 4.78 is 30.1. The van der Waals surface area contributed by atoms with Gasteiger partial charge in [0.05, 0.1) is 17.3 Å². The molecule has 90 valence electrons. The standard InChI is InChI=1S/C11H10F2N2O2/c1-5-2-6(8-4-15-17-11(8)14)3-7(9(5)16)10(12)13/h2-4,10,16H,14H2,1H3. The fourth-order valence-electron chi connectivity index (χ4n) is 1.59. The molecule has 2 aromatic rings. The van der Waals surface area contributed by atoms with Gasteiger partial charge in [-0.15, -0.1) is 0 Å². The summed E-state index contributed by atoms with van der Waals surface area (Å²) in [6.07, 6.45) is -1.41. The van der Waals surface area contributed by atoms with Crippen LogP contribution >= 0.6 is 0 Å². The quantitative estimate of drug-likeness (QED) is 0.846. The van der Waals surface area contributed by atoms with Crippen molar-refractivity contribution < 1.29 is 18.4 Å². The Labute approximate surface area is 95.6 Å². The van der Waals surface area contributed by atoms with Gasteiger partial charge in [-0.3, -0.25) is 0 Å². The van der Waals surface area contributed by atoms with Crippen LogP contribution in [0, 0.1) is 6.92 Å². The van der Waals surface area contributed by atoms with Crippen LogP contribution in [-0.4, -0.2) is 10.3 Å². The number of halogens is 2. The lowest BCUT2D eigenvalue weighted by Crippen LogP contribution is -1.92. The minimum atomic E-state index is -2.75. The Kier molecular flexibility index (Phi) is 2.71. The highest BCUT2D eigenvalue weighted by Crippen LogP contribution is 2.36. The number of aromatic nitrogens is 1. The fourth-order valence-corrected chi connectivity index (χ4v) is 1.59. The Morgan fingerprint density at radius 2 is 2.12 bits per heavy atom. The monoisotopic (exact) mass is 240 g/mol. The summed E-state index contributed by atoms with van der Waals surface area (Å²) in [6.45, 7) is 1.54. The molecule has 0 aliphatic rings. The van der Waals surface area contributed by atoms with E-state index in [-0.39, 0.29) is 5.88 Å². The second-order valence-corrected chi connectivity index (χ2v) is 3.64. The number of rotatable bonds is 2. The smallest absolute Gasteiger partial charge is 0.267 e. The van der Waals surface area contributed by atoms with Crippen LogP contribution in [0.1, 0.15) is 17.6 Å². The Morgan fingerprint density at radius 1 is 1.41 bits per heavy atom. The van der Waals surface area contributed by atoms with Gasteiger partial charge in [0.2, 0.25) is 5.88 Å². The molecule has 1 aromatic carbocycles. The van der Waals surface area contributed by atoms with E-state index in [1.54, 1.807) is 6.07 Å². The summed E-state index contributed by atoms with van der Waals surface area (Å²) in [5.41, 5.74) is 6.29. The minimum absolute atomic E-state index is 0.0512. The van der Waals surface area contributed by atoms with Crippen LogP contribution in [-0.2, 0) is 0 Å². The molecule has 0 atom stereocenters. The molecule has 0 fully saturated rings. The molecule has 0 saturated carbocycles. The van der Waals surface area contributed by atoms with Gasteiger partial charge in [0.1, 0.15) is 5.75 Å². The Morgan fingerprint density at radius 3 is 2.65 bits per heavy atom. The molecule has 0 radical (unpaired) electrons. The van der Waals surface area contributed by atoms with Gasteiger partial charge in [-0.05, 0) is 30.2 Å². The van der Waals surface area contributed by atoms with E-state index in [4.69, 9.17) is 5.73 Å². The Bertz CT molecular complexity index is 552. The van der Waals surface area contributed by atoms with Crippen molar-refractivity contribution in [3.63, 3.8) is 0 Å². The van der Waals surface area contributed by atoms with Crippen LogP contribution in [0.15, 0.2) is 22.9 Å². The molecule has 4 nitrogen and oxygen atoms in total. The predicted molar refractivity (Wildman–Crippen MR) is 57.7 cm³/mol. The number of hydrogen-bond acceptors (Lipinski definition) is 4. The molecule has 0 spiro atoms. The maximum Gasteiger partial charge on any atom is 0.267 e. The molecule has 6 heteroatoms. The summed E-state index contributed by atoms with van der Waals surface area (Å²) in [4.78, 5) is 0. The zero-order valence-corrected chi connectivity index (χ0v) is 8.95. The molecule has 0 amide bonds. The van der Waals surface area contributed by atoms with Crippen molar-refractivity contribution in [1.82, 2.24) is 5.16 Å². The summed E-state index contributed by atoms with van der Waals surface area (Å²) >= 11 is 0. The van der Waals surface area contributed by atoms with Gasteiger partial charge < -0.3 is 15.4 Å². The van der Waals surface area contributed by atoms with E-state index in [0.29, 0.717) is 16.7 Å². The number of aromatic hydroxyl groups is 1. The average molecular weight is 240 g/mol. The second kappa shape index (κ2) is 4.04. The Hall–Kier alpha value is -2.11. The minimum Gasteiger partial charge on any atom is -0.507 e. The third-order valence-electron chi connectivity index (χ3n) is 2.47. The molecule has 0 saturated heterocycles. The third kappa shape index (κ3) is 1.93. The number of hydrogen-bond donors (Lipinski definition) is 2. The van der Waals surface area contributed by atoms with Crippen LogP contribution in [0.2, 0.25) is 0 Å². The average Bonchev–Trinajstić information content (AvgIpc) is 2.68. The summed E-state index contributed by atoms with van der Waals surface area (Å²) in [5.74, 6) is -0.353. The number of nitrogen functional groups attached to an aromatic ring is 1. The molecule has 2 rings (SSSR count). The first kappa shape index (κ1) is 11.4. The van der Waals surface area contributed by atoms with Gasteiger partial charge in [-0.25, -0.2) is 8.78 Å². The zero-order chi connectivity index (χ0) is 12.6. The van der Waals surface area contributed by atoms with E-state index >= 15 is 0 Å². The molecule has 0 bridgehead atoms. The molecule has 1 heterocycles. The second-order valence-electron chi connectivity index (χ2n) is 3.64. The molecule has 0 aliphatic heterocycles. The third-order valence-corrected chi connectivity index (χ3v) is 2.47. The van der Waals surface area contributed by atoms with E-state index in [9.17, 15) is 13.9 Å². The maximum atomic E-state index is 12.7. The van der Waals surface area contributed by atoms with Crippen LogP contribution < -0.4 is 5.73 Å². The maximum absolute atomic E-state index is 12.7. The highest BCUT2D eigenvalue weighted by molar-refractivity contribution is 5.74. The zero-order valence-electron chi connectivity index (χ0n) is 8.95. The van der Waals surface area contributed by atoms with E-state index in [1.807, 2.05) is 0 Å². The number of aryl methyl sites for hydroxylation is 1. The number of phenolic OH excluding ortho intramolecular Hbond substituents is 1. The first-order valence-electron chi connectivity index (χ1n) is 4.83. The van der Waals surface area contributed by atoms with Crippen molar-refractivity contribution in [2.75, 3.05) is 5.73 Å². The normalized spacial score (nSPS) is 11.1. The molecule has 0 aliphatic carbocycles. The molecule has 0 unspecified atom stereocenters. The molecule has 3 N–H and O–H groups in total. The molecule has 1 aromatic heterocycles. The van der Waals surface area contributed by atoms with Gasteiger partial charge in [0, 0.05) is 0 Å². The van der Waals surface area contributed by atoms with E-state index in [0.717, 1.165) is 0 Å². The first-order valence-corrected chi connectivity index (χ1v) is 4.83. The summed E-state index contributed by atoms with van der Waals surface area (Å²) in [7, 11) is 0. The van der Waals surface area contributed by atoms with Gasteiger partial charge in [0.15, 0.2) is 0 Å². The Balaban J connectivity index is 2.61. The highest BCUT2D eigenvalue weighted by atomic mass is 19.3. The largest absolute Gasteiger partial charge is 0.507 e. The van der Waals surface area contributed by atoms with Crippen molar-refractivity contribution in [3.05, 3.63) is 29.5 Å². The van der Waals surface area contributed by atoms with E-state index < -0.39 is 17.7 Å². The first-order chi connectivity index (χ1) is 8.00. The number of benzene rings is 1. The number of nitrogens with zero attached hydrogens (tertiary/aromatic N) is 1.